The van der Waals surface area contributed by atoms with Crippen LogP contribution in [0.2, 0.25) is 0 Å². The van der Waals surface area contributed by atoms with Gasteiger partial charge in [0.1, 0.15) is 5.38 Å². The molecule has 0 fully saturated rings. The van der Waals surface area contributed by atoms with Gasteiger partial charge in [0.15, 0.2) is 5.78 Å². The molecule has 6 heteroatoms. The molecule has 1 amide bonds. The van der Waals surface area contributed by atoms with Gasteiger partial charge in [-0.2, -0.15) is 0 Å². The highest BCUT2D eigenvalue weighted by Gasteiger charge is 2.18. The summed E-state index contributed by atoms with van der Waals surface area (Å²) in [6.45, 7) is 3.13. The SMILES string of the molecule is C[C@H](CC(=O)O)C(=O)c1ccc(NC(=O)[C@@H](C)Cl)cc1. The maximum atomic E-state index is 12.0. The van der Waals surface area contributed by atoms with Gasteiger partial charge in [-0.05, 0) is 31.2 Å². The molecule has 2 N–H and O–H groups in total. The van der Waals surface area contributed by atoms with Gasteiger partial charge in [0.2, 0.25) is 5.91 Å². The van der Waals surface area contributed by atoms with Crippen molar-refractivity contribution in [3.05, 3.63) is 29.8 Å². The van der Waals surface area contributed by atoms with Crippen LogP contribution in [-0.4, -0.2) is 28.1 Å². The van der Waals surface area contributed by atoms with Crippen LogP contribution >= 0.6 is 11.6 Å². The topological polar surface area (TPSA) is 83.5 Å². The lowest BCUT2D eigenvalue weighted by molar-refractivity contribution is -0.137. The van der Waals surface area contributed by atoms with Gasteiger partial charge in [-0.15, -0.1) is 11.6 Å². The predicted octanol–water partition coefficient (Wildman–Crippen LogP) is 2.55. The number of amides is 1. The van der Waals surface area contributed by atoms with Gasteiger partial charge in [-0.1, -0.05) is 6.92 Å². The van der Waals surface area contributed by atoms with E-state index in [1.54, 1.807) is 38.1 Å². The number of Topliss-reactive ketones (excluding diaryl/α,β-unsaturated/α-hetero) is 1. The second-order valence-electron chi connectivity index (χ2n) is 4.55. The Balaban J connectivity index is 2.73. The van der Waals surface area contributed by atoms with E-state index in [1.165, 1.54) is 0 Å². The van der Waals surface area contributed by atoms with Gasteiger partial charge >= 0.3 is 5.97 Å². The number of aliphatic carboxylic acids is 1. The Morgan fingerprint density at radius 3 is 2.20 bits per heavy atom. The summed E-state index contributed by atoms with van der Waals surface area (Å²) in [4.78, 5) is 33.9. The lowest BCUT2D eigenvalue weighted by atomic mass is 9.96. The van der Waals surface area contributed by atoms with E-state index in [2.05, 4.69) is 5.32 Å². The van der Waals surface area contributed by atoms with Crippen LogP contribution in [0, 0.1) is 5.92 Å². The third-order valence-electron chi connectivity index (χ3n) is 2.73. The smallest absolute Gasteiger partial charge is 0.304 e. The van der Waals surface area contributed by atoms with Crippen molar-refractivity contribution in [1.29, 1.82) is 0 Å². The lowest BCUT2D eigenvalue weighted by Gasteiger charge is -2.09. The molecule has 0 aromatic heterocycles. The second-order valence-corrected chi connectivity index (χ2v) is 5.20. The van der Waals surface area contributed by atoms with Crippen LogP contribution in [-0.2, 0) is 9.59 Å². The molecule has 0 aliphatic carbocycles. The minimum absolute atomic E-state index is 0.207. The van der Waals surface area contributed by atoms with Crippen molar-refractivity contribution in [2.75, 3.05) is 5.32 Å². The fourth-order valence-corrected chi connectivity index (χ4v) is 1.65. The first-order valence-electron chi connectivity index (χ1n) is 6.12. The summed E-state index contributed by atoms with van der Waals surface area (Å²) in [5.74, 6) is -2.16. The van der Waals surface area contributed by atoms with Gasteiger partial charge in [0, 0.05) is 17.2 Å². The Hall–Kier alpha value is -1.88. The van der Waals surface area contributed by atoms with E-state index >= 15 is 0 Å². The summed E-state index contributed by atoms with van der Waals surface area (Å²) >= 11 is 5.63. The molecule has 5 nitrogen and oxygen atoms in total. The summed E-state index contributed by atoms with van der Waals surface area (Å²) in [6, 6.07) is 6.26. The van der Waals surface area contributed by atoms with Gasteiger partial charge in [-0.3, -0.25) is 14.4 Å². The summed E-state index contributed by atoms with van der Waals surface area (Å²) in [5.41, 5.74) is 0.945. The Morgan fingerprint density at radius 1 is 1.20 bits per heavy atom. The zero-order valence-corrected chi connectivity index (χ0v) is 12.0. The second kappa shape index (κ2) is 7.05. The van der Waals surface area contributed by atoms with Gasteiger partial charge < -0.3 is 10.4 Å². The quantitative estimate of drug-likeness (QED) is 0.624. The number of carboxylic acids is 1. The third-order valence-corrected chi connectivity index (χ3v) is 2.92. The van der Waals surface area contributed by atoms with Crippen molar-refractivity contribution in [2.24, 2.45) is 5.92 Å². The first-order valence-corrected chi connectivity index (χ1v) is 6.56. The number of carbonyl (C=O) groups excluding carboxylic acids is 2. The van der Waals surface area contributed by atoms with Crippen LogP contribution in [0.15, 0.2) is 24.3 Å². The third kappa shape index (κ3) is 4.66. The molecule has 0 aliphatic rings. The maximum Gasteiger partial charge on any atom is 0.304 e. The molecular weight excluding hydrogens is 282 g/mol. The van der Waals surface area contributed by atoms with Crippen molar-refractivity contribution < 1.29 is 19.5 Å². The van der Waals surface area contributed by atoms with E-state index in [4.69, 9.17) is 16.7 Å². The molecule has 0 aliphatic heterocycles. The van der Waals surface area contributed by atoms with E-state index in [9.17, 15) is 14.4 Å². The number of nitrogens with one attached hydrogen (secondary N) is 1. The van der Waals surface area contributed by atoms with Crippen LogP contribution in [0.1, 0.15) is 30.6 Å². The van der Waals surface area contributed by atoms with E-state index < -0.39 is 17.3 Å². The Morgan fingerprint density at radius 2 is 1.75 bits per heavy atom. The number of rotatable bonds is 6. The number of carbonyl (C=O) groups is 3. The molecule has 1 rings (SSSR count). The van der Waals surface area contributed by atoms with Crippen LogP contribution in [0.3, 0.4) is 0 Å². The summed E-state index contributed by atoms with van der Waals surface area (Å²) in [7, 11) is 0. The van der Waals surface area contributed by atoms with Crippen molar-refractivity contribution in [3.63, 3.8) is 0 Å². The predicted molar refractivity (Wildman–Crippen MR) is 76.1 cm³/mol. The average molecular weight is 298 g/mol. The van der Waals surface area contributed by atoms with Gasteiger partial charge in [0.25, 0.3) is 0 Å². The first kappa shape index (κ1) is 16.2. The lowest BCUT2D eigenvalue weighted by Crippen LogP contribution is -2.20. The molecule has 1 aromatic rings. The summed E-state index contributed by atoms with van der Waals surface area (Å²) in [6.07, 6.45) is -0.207. The number of hydrogen-bond donors (Lipinski definition) is 2. The van der Waals surface area contributed by atoms with Crippen LogP contribution in [0.4, 0.5) is 5.69 Å². The number of alkyl halides is 1. The molecule has 1 aromatic carbocycles. The van der Waals surface area contributed by atoms with E-state index in [0.29, 0.717) is 11.3 Å². The Kier molecular flexibility index (Phi) is 5.70. The van der Waals surface area contributed by atoms with Crippen molar-refractivity contribution in [1.82, 2.24) is 0 Å². The molecular formula is C14H16ClNO4. The van der Waals surface area contributed by atoms with E-state index in [-0.39, 0.29) is 18.1 Å². The number of halogens is 1. The largest absolute Gasteiger partial charge is 0.481 e. The average Bonchev–Trinajstić information content (AvgIpc) is 2.37. The standard InChI is InChI=1S/C14H16ClNO4/c1-8(7-12(17)18)13(19)10-3-5-11(6-4-10)16-14(20)9(2)15/h3-6,8-9H,7H2,1-2H3,(H,16,20)(H,17,18)/t8-,9-/m1/s1. The molecule has 0 unspecified atom stereocenters. The number of hydrogen-bond acceptors (Lipinski definition) is 3. The van der Waals surface area contributed by atoms with Gasteiger partial charge in [0.05, 0.1) is 6.42 Å². The zero-order chi connectivity index (χ0) is 15.3. The van der Waals surface area contributed by atoms with Crippen LogP contribution < -0.4 is 5.32 Å². The molecule has 0 bridgehead atoms. The zero-order valence-electron chi connectivity index (χ0n) is 11.2. The number of benzene rings is 1. The molecule has 2 atom stereocenters. The monoisotopic (exact) mass is 297 g/mol. The Bertz CT molecular complexity index is 510. The van der Waals surface area contributed by atoms with E-state index in [1.807, 2.05) is 0 Å². The normalized spacial score (nSPS) is 13.3. The highest BCUT2D eigenvalue weighted by atomic mass is 35.5. The Labute approximate surface area is 121 Å². The number of carboxylic acid groups (broad SMARTS) is 1. The maximum absolute atomic E-state index is 12.0. The minimum Gasteiger partial charge on any atom is -0.481 e. The molecule has 0 radical (unpaired) electrons. The van der Waals surface area contributed by atoms with Crippen molar-refractivity contribution in [3.8, 4) is 0 Å². The van der Waals surface area contributed by atoms with E-state index in [0.717, 1.165) is 0 Å². The first-order chi connectivity index (χ1) is 9.31. The number of anilines is 1. The van der Waals surface area contributed by atoms with Crippen molar-refractivity contribution >= 4 is 34.9 Å². The highest BCUT2D eigenvalue weighted by Crippen LogP contribution is 2.16. The molecule has 0 saturated heterocycles. The van der Waals surface area contributed by atoms with Crippen LogP contribution in [0.5, 0.6) is 0 Å². The summed E-state index contributed by atoms with van der Waals surface area (Å²) in [5, 5.41) is 10.6. The molecule has 0 spiro atoms. The number of ketones is 1. The highest BCUT2D eigenvalue weighted by molar-refractivity contribution is 6.32. The molecule has 20 heavy (non-hydrogen) atoms. The molecule has 0 saturated carbocycles. The fraction of sp³-hybridized carbons (Fsp3) is 0.357. The molecule has 108 valence electrons. The minimum atomic E-state index is -1.01. The van der Waals surface area contributed by atoms with Crippen molar-refractivity contribution in [2.45, 2.75) is 25.6 Å². The fourth-order valence-electron chi connectivity index (χ4n) is 1.60. The van der Waals surface area contributed by atoms with Gasteiger partial charge in [-0.25, -0.2) is 0 Å². The molecule has 0 heterocycles. The van der Waals surface area contributed by atoms with Crippen LogP contribution in [0.25, 0.3) is 0 Å². The summed E-state index contributed by atoms with van der Waals surface area (Å²) < 4.78 is 0.